The number of hydrogen-bond acceptors (Lipinski definition) is 5. The molecule has 0 aliphatic rings. The molecule has 24 heavy (non-hydrogen) atoms. The highest BCUT2D eigenvalue weighted by Gasteiger charge is 2.12. The van der Waals surface area contributed by atoms with Gasteiger partial charge in [-0.1, -0.05) is 0 Å². The summed E-state index contributed by atoms with van der Waals surface area (Å²) in [5.41, 5.74) is 4.18. The lowest BCUT2D eigenvalue weighted by Gasteiger charge is -1.97. The predicted octanol–water partition coefficient (Wildman–Crippen LogP) is 3.00. The minimum absolute atomic E-state index is 0.329. The van der Waals surface area contributed by atoms with E-state index in [1.807, 2.05) is 24.3 Å². The summed E-state index contributed by atoms with van der Waals surface area (Å²) in [4.78, 5) is 23.1. The second-order valence-electron chi connectivity index (χ2n) is 5.16. The van der Waals surface area contributed by atoms with Gasteiger partial charge in [-0.25, -0.2) is 10.5 Å². The van der Waals surface area contributed by atoms with E-state index in [2.05, 4.69) is 15.0 Å². The van der Waals surface area contributed by atoms with Crippen LogP contribution in [0.15, 0.2) is 59.3 Å². The summed E-state index contributed by atoms with van der Waals surface area (Å²) in [6, 6.07) is 12.3. The lowest BCUT2D eigenvalue weighted by Crippen LogP contribution is -2.18. The number of hydroxylamine groups is 1. The van der Waals surface area contributed by atoms with Gasteiger partial charge in [0.05, 0.1) is 11.0 Å². The van der Waals surface area contributed by atoms with Gasteiger partial charge in [-0.3, -0.25) is 15.0 Å². The van der Waals surface area contributed by atoms with Crippen LogP contribution in [-0.2, 0) is 0 Å². The van der Waals surface area contributed by atoms with E-state index in [1.165, 1.54) is 0 Å². The highest BCUT2D eigenvalue weighted by molar-refractivity contribution is 5.97. The topological polar surface area (TPSA) is 104 Å². The molecule has 0 saturated carbocycles. The molecule has 4 aromatic rings. The number of carbonyl (C=O) groups excluding carboxylic acids is 1. The van der Waals surface area contributed by atoms with Crippen molar-refractivity contribution in [1.29, 1.82) is 0 Å². The van der Waals surface area contributed by atoms with Crippen LogP contribution in [0.25, 0.3) is 33.9 Å². The Labute approximate surface area is 135 Å². The molecule has 0 aliphatic carbocycles. The van der Waals surface area contributed by atoms with Crippen molar-refractivity contribution in [2.75, 3.05) is 0 Å². The van der Waals surface area contributed by atoms with Crippen LogP contribution in [0.2, 0.25) is 0 Å². The minimum atomic E-state index is -0.579. The number of nitrogens with one attached hydrogen (secondary N) is 2. The van der Waals surface area contributed by atoms with Gasteiger partial charge in [-0.15, -0.1) is 0 Å². The largest absolute Gasteiger partial charge is 0.453 e. The summed E-state index contributed by atoms with van der Waals surface area (Å²) >= 11 is 0. The van der Waals surface area contributed by atoms with Gasteiger partial charge in [-0.05, 0) is 42.5 Å². The van der Waals surface area contributed by atoms with E-state index in [9.17, 15) is 4.79 Å². The Morgan fingerprint density at radius 2 is 2.04 bits per heavy atom. The van der Waals surface area contributed by atoms with Crippen LogP contribution < -0.4 is 5.48 Å². The van der Waals surface area contributed by atoms with Gasteiger partial charge in [0.2, 0.25) is 0 Å². The predicted molar refractivity (Wildman–Crippen MR) is 86.3 cm³/mol. The van der Waals surface area contributed by atoms with Gasteiger partial charge in [0.15, 0.2) is 11.6 Å². The molecule has 0 radical (unpaired) electrons. The molecular weight excluding hydrogens is 308 g/mol. The van der Waals surface area contributed by atoms with E-state index >= 15 is 0 Å². The maximum atomic E-state index is 11.5. The van der Waals surface area contributed by atoms with Gasteiger partial charge < -0.3 is 9.40 Å². The molecule has 0 bridgehead atoms. The second kappa shape index (κ2) is 5.64. The zero-order valence-electron chi connectivity index (χ0n) is 12.4. The van der Waals surface area contributed by atoms with Crippen molar-refractivity contribution >= 4 is 16.9 Å². The molecular formula is C17H12N4O3. The molecule has 0 unspecified atom stereocenters. The lowest BCUT2D eigenvalue weighted by molar-refractivity contribution is 0.0706. The van der Waals surface area contributed by atoms with Crippen molar-refractivity contribution in [2.24, 2.45) is 0 Å². The minimum Gasteiger partial charge on any atom is -0.453 e. The number of pyridine rings is 1. The number of furan rings is 1. The number of H-pyrrole nitrogens is 1. The molecule has 0 spiro atoms. The molecule has 3 N–H and O–H groups in total. The average molecular weight is 320 g/mol. The normalized spacial score (nSPS) is 10.9. The first kappa shape index (κ1) is 14.2. The maximum Gasteiger partial charge on any atom is 0.274 e. The molecule has 0 fully saturated rings. The van der Waals surface area contributed by atoms with E-state index in [0.717, 1.165) is 5.56 Å². The van der Waals surface area contributed by atoms with Crippen LogP contribution in [0.4, 0.5) is 0 Å². The van der Waals surface area contributed by atoms with Crippen molar-refractivity contribution in [3.8, 4) is 22.9 Å². The monoisotopic (exact) mass is 320 g/mol. The molecule has 7 heteroatoms. The summed E-state index contributed by atoms with van der Waals surface area (Å²) in [5.74, 6) is 1.25. The number of aromatic nitrogens is 3. The SMILES string of the molecule is O=C(NO)c1ccc2nc(-c3ccc(-c4cccnc4)o3)[nH]c2c1. The molecule has 1 aromatic carbocycles. The Balaban J connectivity index is 1.72. The summed E-state index contributed by atoms with van der Waals surface area (Å²) in [5, 5.41) is 8.71. The Hall–Kier alpha value is -3.45. The van der Waals surface area contributed by atoms with Gasteiger partial charge in [0.25, 0.3) is 5.91 Å². The van der Waals surface area contributed by atoms with Crippen molar-refractivity contribution in [1.82, 2.24) is 20.4 Å². The van der Waals surface area contributed by atoms with Crippen LogP contribution in [-0.4, -0.2) is 26.1 Å². The Kier molecular flexibility index (Phi) is 3.33. The summed E-state index contributed by atoms with van der Waals surface area (Å²) in [6.07, 6.45) is 3.42. The molecule has 3 heterocycles. The van der Waals surface area contributed by atoms with Crippen molar-refractivity contribution < 1.29 is 14.4 Å². The quantitative estimate of drug-likeness (QED) is 0.397. The number of imidazole rings is 1. The molecule has 3 aromatic heterocycles. The van der Waals surface area contributed by atoms with Gasteiger partial charge in [0, 0.05) is 23.5 Å². The highest BCUT2D eigenvalue weighted by Crippen LogP contribution is 2.28. The summed E-state index contributed by atoms with van der Waals surface area (Å²) < 4.78 is 5.83. The first-order chi connectivity index (χ1) is 11.7. The van der Waals surface area contributed by atoms with Crippen molar-refractivity contribution in [2.45, 2.75) is 0 Å². The fraction of sp³-hybridized carbons (Fsp3) is 0. The molecule has 0 saturated heterocycles. The van der Waals surface area contributed by atoms with Crippen LogP contribution in [0.1, 0.15) is 10.4 Å². The third-order valence-corrected chi connectivity index (χ3v) is 3.63. The first-order valence-corrected chi connectivity index (χ1v) is 7.19. The molecule has 1 amide bonds. The number of aromatic amines is 1. The number of hydrogen-bond donors (Lipinski definition) is 3. The van der Waals surface area contributed by atoms with Crippen LogP contribution in [0, 0.1) is 0 Å². The summed E-state index contributed by atoms with van der Waals surface area (Å²) in [7, 11) is 0. The van der Waals surface area contributed by atoms with E-state index in [-0.39, 0.29) is 0 Å². The number of fused-ring (bicyclic) bond motifs is 1. The summed E-state index contributed by atoms with van der Waals surface area (Å²) in [6.45, 7) is 0. The molecule has 4 rings (SSSR count). The fourth-order valence-corrected chi connectivity index (χ4v) is 2.46. The van der Waals surface area contributed by atoms with Gasteiger partial charge in [0.1, 0.15) is 5.76 Å². The molecule has 0 aliphatic heterocycles. The molecule has 0 atom stereocenters. The maximum absolute atomic E-state index is 11.5. The lowest BCUT2D eigenvalue weighted by atomic mass is 10.2. The third kappa shape index (κ3) is 2.42. The average Bonchev–Trinajstić information content (AvgIpc) is 3.27. The van der Waals surface area contributed by atoms with Crippen molar-refractivity contribution in [3.63, 3.8) is 0 Å². The van der Waals surface area contributed by atoms with E-state index < -0.39 is 5.91 Å². The zero-order valence-corrected chi connectivity index (χ0v) is 12.4. The van der Waals surface area contributed by atoms with E-state index in [4.69, 9.17) is 9.62 Å². The Morgan fingerprint density at radius 3 is 2.83 bits per heavy atom. The number of rotatable bonds is 3. The highest BCUT2D eigenvalue weighted by atomic mass is 16.5. The number of benzene rings is 1. The molecule has 118 valence electrons. The number of amides is 1. The zero-order chi connectivity index (χ0) is 16.5. The standard InChI is InChI=1S/C17H12N4O3/c22-17(21-23)10-3-4-12-13(8-10)20-16(19-12)15-6-5-14(24-15)11-2-1-7-18-9-11/h1-9,23H,(H,19,20)(H,21,22). The third-order valence-electron chi connectivity index (χ3n) is 3.63. The van der Waals surface area contributed by atoms with Gasteiger partial charge in [-0.2, -0.15) is 0 Å². The Bertz CT molecular complexity index is 1020. The fourth-order valence-electron chi connectivity index (χ4n) is 2.46. The number of nitrogens with zero attached hydrogens (tertiary/aromatic N) is 2. The van der Waals surface area contributed by atoms with Crippen LogP contribution in [0.3, 0.4) is 0 Å². The van der Waals surface area contributed by atoms with E-state index in [0.29, 0.717) is 33.9 Å². The van der Waals surface area contributed by atoms with Gasteiger partial charge >= 0.3 is 0 Å². The van der Waals surface area contributed by atoms with E-state index in [1.54, 1.807) is 36.1 Å². The second-order valence-corrected chi connectivity index (χ2v) is 5.16. The van der Waals surface area contributed by atoms with Crippen molar-refractivity contribution in [3.05, 3.63) is 60.4 Å². The number of carbonyl (C=O) groups is 1. The van der Waals surface area contributed by atoms with Crippen LogP contribution >= 0.6 is 0 Å². The smallest absolute Gasteiger partial charge is 0.274 e. The Morgan fingerprint density at radius 1 is 1.17 bits per heavy atom. The van der Waals surface area contributed by atoms with Crippen LogP contribution in [0.5, 0.6) is 0 Å². The first-order valence-electron chi connectivity index (χ1n) is 7.19. The molecule has 7 nitrogen and oxygen atoms in total.